The van der Waals surface area contributed by atoms with Gasteiger partial charge in [-0.2, -0.15) is 0 Å². The number of rotatable bonds is 36. The molecule has 314 valence electrons. The molecule has 0 amide bonds. The molecule has 0 saturated carbocycles. The zero-order chi connectivity index (χ0) is 40.7. The van der Waals surface area contributed by atoms with Crippen LogP contribution in [0.1, 0.15) is 136 Å². The molecule has 0 saturated heterocycles. The van der Waals surface area contributed by atoms with Gasteiger partial charge in [0.1, 0.15) is 19.8 Å². The first-order chi connectivity index (χ1) is 26.5. The molecule has 55 heavy (non-hydrogen) atoms. The molecule has 0 spiro atoms. The number of carbonyl (C=O) groups is 2. The maximum Gasteiger partial charge on any atom is 0.306 e. The minimum absolute atomic E-state index is 0.0445. The number of hydrogen-bond acceptors (Lipinski definition) is 8. The highest BCUT2D eigenvalue weighted by Gasteiger charge is 2.21. The van der Waals surface area contributed by atoms with Crippen LogP contribution in [0.25, 0.3) is 0 Å². The molecule has 2 unspecified atom stereocenters. The van der Waals surface area contributed by atoms with Gasteiger partial charge in [-0.25, -0.2) is 0 Å². The van der Waals surface area contributed by atoms with Crippen molar-refractivity contribution in [2.45, 2.75) is 142 Å². The van der Waals surface area contributed by atoms with Gasteiger partial charge in [0.05, 0.1) is 27.7 Å². The van der Waals surface area contributed by atoms with Gasteiger partial charge in [0.25, 0.3) is 7.82 Å². The Kier molecular flexibility index (Phi) is 34.9. The number of allylic oxidation sites excluding steroid dienone is 14. The van der Waals surface area contributed by atoms with E-state index in [0.717, 1.165) is 77.0 Å². The van der Waals surface area contributed by atoms with Gasteiger partial charge in [0.15, 0.2) is 6.10 Å². The monoisotopic (exact) mass is 790 g/mol. The van der Waals surface area contributed by atoms with E-state index >= 15 is 0 Å². The summed E-state index contributed by atoms with van der Waals surface area (Å²) in [6.45, 7) is 3.97. The highest BCUT2D eigenvalue weighted by atomic mass is 31.2. The van der Waals surface area contributed by atoms with Gasteiger partial charge in [-0.15, -0.1) is 0 Å². The van der Waals surface area contributed by atoms with Crippen molar-refractivity contribution < 1.29 is 42.1 Å². The van der Waals surface area contributed by atoms with E-state index in [0.29, 0.717) is 23.9 Å². The SMILES string of the molecule is CC/C=C/C=C/C=C/CCCCCCCC(=O)OC(COC(=O)CCCCCCC/C=C/C=C/C=C/C=C/CCCCC)COP(=O)([O-])OCC[N+](C)(C)C. The zero-order valence-corrected chi connectivity index (χ0v) is 36.0. The molecule has 0 aliphatic carbocycles. The quantitative estimate of drug-likeness (QED) is 0.0203. The molecule has 0 N–H and O–H groups in total. The average molecular weight is 790 g/mol. The standard InChI is InChI=1S/C45H76NO8P/c1-6-8-10-12-14-16-18-20-21-22-23-24-26-27-29-31-33-35-37-44(47)51-41-43(42-53-55(49,50)52-40-39-46(3,4)5)54-45(48)38-36-34-32-30-28-25-19-17-15-13-11-9-7-2/h9,11,13-24,43H,6-8,10,12,25-42H2,1-5H3/b11-9+,15-13+,16-14+,19-17+,20-18+,22-21+,24-23+. The van der Waals surface area contributed by atoms with Crippen molar-refractivity contribution in [3.8, 4) is 0 Å². The molecule has 0 bridgehead atoms. The smallest absolute Gasteiger partial charge is 0.306 e. The lowest BCUT2D eigenvalue weighted by Gasteiger charge is -2.28. The predicted molar refractivity (Wildman–Crippen MR) is 226 cm³/mol. The zero-order valence-electron chi connectivity index (χ0n) is 35.1. The Morgan fingerprint density at radius 3 is 1.55 bits per heavy atom. The lowest BCUT2D eigenvalue weighted by Crippen LogP contribution is -2.37. The average Bonchev–Trinajstić information content (AvgIpc) is 3.13. The van der Waals surface area contributed by atoms with Crippen molar-refractivity contribution in [2.24, 2.45) is 0 Å². The second-order valence-electron chi connectivity index (χ2n) is 14.8. The fraction of sp³-hybridized carbons (Fsp3) is 0.644. The first kappa shape index (κ1) is 52.2. The summed E-state index contributed by atoms with van der Waals surface area (Å²) in [4.78, 5) is 37.4. The van der Waals surface area contributed by atoms with Crippen LogP contribution in [0, 0.1) is 0 Å². The maximum absolute atomic E-state index is 12.6. The van der Waals surface area contributed by atoms with Crippen molar-refractivity contribution in [2.75, 3.05) is 47.5 Å². The van der Waals surface area contributed by atoms with Crippen LogP contribution < -0.4 is 4.89 Å². The van der Waals surface area contributed by atoms with E-state index in [4.69, 9.17) is 18.5 Å². The van der Waals surface area contributed by atoms with Gasteiger partial charge in [-0.3, -0.25) is 14.2 Å². The van der Waals surface area contributed by atoms with Crippen LogP contribution in [0.4, 0.5) is 0 Å². The third kappa shape index (κ3) is 40.7. The number of nitrogens with zero attached hydrogens (tertiary/aromatic N) is 1. The molecule has 0 aliphatic rings. The maximum atomic E-state index is 12.6. The molecule has 0 heterocycles. The summed E-state index contributed by atoms with van der Waals surface area (Å²) in [6, 6.07) is 0. The molecule has 0 fully saturated rings. The first-order valence-corrected chi connectivity index (χ1v) is 22.3. The van der Waals surface area contributed by atoms with Gasteiger partial charge in [-0.05, 0) is 57.8 Å². The molecule has 9 nitrogen and oxygen atoms in total. The third-order valence-electron chi connectivity index (χ3n) is 8.31. The third-order valence-corrected chi connectivity index (χ3v) is 9.27. The summed E-state index contributed by atoms with van der Waals surface area (Å²) in [6.07, 6.45) is 46.1. The van der Waals surface area contributed by atoms with E-state index in [9.17, 15) is 19.0 Å². The number of ether oxygens (including phenoxy) is 2. The second kappa shape index (κ2) is 36.8. The Hall–Kier alpha value is -2.81. The molecule has 0 aromatic heterocycles. The van der Waals surface area contributed by atoms with Crippen LogP contribution in [-0.4, -0.2) is 70.0 Å². The summed E-state index contributed by atoms with van der Waals surface area (Å²) in [7, 11) is 1.12. The van der Waals surface area contributed by atoms with Gasteiger partial charge in [0.2, 0.25) is 0 Å². The Labute approximate surface area is 335 Å². The number of carbonyl (C=O) groups excluding carboxylic acids is 2. The fourth-order valence-electron chi connectivity index (χ4n) is 5.02. The molecule has 0 aromatic carbocycles. The highest BCUT2D eigenvalue weighted by Crippen LogP contribution is 2.38. The number of phosphoric acid groups is 1. The lowest BCUT2D eigenvalue weighted by molar-refractivity contribution is -0.870. The number of likely N-dealkylation sites (N-methyl/N-ethyl adjacent to an activating group) is 1. The van der Waals surface area contributed by atoms with Crippen molar-refractivity contribution in [1.29, 1.82) is 0 Å². The molecule has 2 atom stereocenters. The van der Waals surface area contributed by atoms with Crippen LogP contribution in [-0.2, 0) is 32.7 Å². The van der Waals surface area contributed by atoms with E-state index in [1.54, 1.807) is 0 Å². The van der Waals surface area contributed by atoms with Crippen molar-refractivity contribution >= 4 is 19.8 Å². The second-order valence-corrected chi connectivity index (χ2v) is 16.2. The van der Waals surface area contributed by atoms with Crippen molar-refractivity contribution in [1.82, 2.24) is 0 Å². The van der Waals surface area contributed by atoms with Gasteiger partial charge >= 0.3 is 11.9 Å². The van der Waals surface area contributed by atoms with E-state index in [2.05, 4.69) is 62.5 Å². The van der Waals surface area contributed by atoms with Gasteiger partial charge in [0, 0.05) is 12.8 Å². The van der Waals surface area contributed by atoms with Crippen LogP contribution in [0.3, 0.4) is 0 Å². The summed E-state index contributed by atoms with van der Waals surface area (Å²) in [5.41, 5.74) is 0. The number of unbranched alkanes of at least 4 members (excludes halogenated alkanes) is 13. The molecule has 10 heteroatoms. The van der Waals surface area contributed by atoms with Crippen LogP contribution in [0.2, 0.25) is 0 Å². The summed E-state index contributed by atoms with van der Waals surface area (Å²) >= 11 is 0. The molecule has 0 aromatic rings. The van der Waals surface area contributed by atoms with Gasteiger partial charge in [-0.1, -0.05) is 150 Å². The normalized spacial score (nSPS) is 14.5. The van der Waals surface area contributed by atoms with Gasteiger partial charge < -0.3 is 27.9 Å². The molecular formula is C45H76NO8P. The van der Waals surface area contributed by atoms with Crippen LogP contribution in [0.15, 0.2) is 85.1 Å². The summed E-state index contributed by atoms with van der Waals surface area (Å²) in [5.74, 6) is -0.896. The Morgan fingerprint density at radius 1 is 0.582 bits per heavy atom. The first-order valence-electron chi connectivity index (χ1n) is 20.9. The lowest BCUT2D eigenvalue weighted by atomic mass is 10.1. The van der Waals surface area contributed by atoms with Crippen molar-refractivity contribution in [3.05, 3.63) is 85.1 Å². The summed E-state index contributed by atoms with van der Waals surface area (Å²) < 4.78 is 33.8. The minimum Gasteiger partial charge on any atom is -0.756 e. The minimum atomic E-state index is -4.64. The molecule has 0 rings (SSSR count). The largest absolute Gasteiger partial charge is 0.756 e. The van der Waals surface area contributed by atoms with Crippen molar-refractivity contribution in [3.63, 3.8) is 0 Å². The highest BCUT2D eigenvalue weighted by molar-refractivity contribution is 7.45. The summed E-state index contributed by atoms with van der Waals surface area (Å²) in [5, 5.41) is 0. The van der Waals surface area contributed by atoms with E-state index < -0.39 is 32.5 Å². The van der Waals surface area contributed by atoms with E-state index in [1.165, 1.54) is 19.3 Å². The fourth-order valence-corrected chi connectivity index (χ4v) is 5.75. The Bertz CT molecular complexity index is 1210. The van der Waals surface area contributed by atoms with Crippen LogP contribution >= 0.6 is 7.82 Å². The van der Waals surface area contributed by atoms with E-state index in [1.807, 2.05) is 57.6 Å². The number of phosphoric ester groups is 1. The molecule has 0 radical (unpaired) electrons. The number of hydrogen-bond donors (Lipinski definition) is 0. The number of esters is 2. The molecular weight excluding hydrogens is 713 g/mol. The van der Waals surface area contributed by atoms with E-state index in [-0.39, 0.29) is 26.1 Å². The topological polar surface area (TPSA) is 111 Å². The van der Waals surface area contributed by atoms with Crippen LogP contribution in [0.5, 0.6) is 0 Å². The number of quaternary nitrogens is 1. The molecule has 0 aliphatic heterocycles. The Balaban J connectivity index is 4.48. The predicted octanol–water partition coefficient (Wildman–Crippen LogP) is 11.0. The Morgan fingerprint density at radius 2 is 1.04 bits per heavy atom.